The normalized spacial score (nSPS) is 30.4. The second-order valence-electron chi connectivity index (χ2n) is 5.73. The standard InChI is InChI=1S/C16H28N2S/c1-5-15(16-8-7-11-19-16)18-10-9-14(17-6-2)12(3)13(18)4/h7-8,11-15,17H,5-6,9-10H2,1-4H3. The monoisotopic (exact) mass is 280 g/mol. The lowest BCUT2D eigenvalue weighted by Crippen LogP contribution is -2.54. The Labute approximate surface area is 122 Å². The summed E-state index contributed by atoms with van der Waals surface area (Å²) in [6, 6.07) is 6.44. The highest BCUT2D eigenvalue weighted by Crippen LogP contribution is 2.35. The molecule has 1 aliphatic rings. The van der Waals surface area contributed by atoms with E-state index in [0.29, 0.717) is 18.1 Å². The number of nitrogens with one attached hydrogen (secondary N) is 1. The molecule has 1 N–H and O–H groups in total. The molecule has 1 aromatic heterocycles. The fourth-order valence-electron chi connectivity index (χ4n) is 3.46. The second-order valence-corrected chi connectivity index (χ2v) is 6.71. The van der Waals surface area contributed by atoms with Crippen molar-refractivity contribution in [1.82, 2.24) is 10.2 Å². The topological polar surface area (TPSA) is 15.3 Å². The molecule has 0 bridgehead atoms. The van der Waals surface area contributed by atoms with Gasteiger partial charge in [0.15, 0.2) is 0 Å². The Morgan fingerprint density at radius 3 is 2.79 bits per heavy atom. The highest BCUT2D eigenvalue weighted by molar-refractivity contribution is 7.10. The predicted octanol–water partition coefficient (Wildman–Crippen LogP) is 3.91. The van der Waals surface area contributed by atoms with Gasteiger partial charge in [-0.05, 0) is 43.7 Å². The minimum Gasteiger partial charge on any atom is -0.314 e. The molecule has 1 saturated heterocycles. The summed E-state index contributed by atoms with van der Waals surface area (Å²) in [4.78, 5) is 4.26. The van der Waals surface area contributed by atoms with E-state index in [0.717, 1.165) is 12.5 Å². The summed E-state index contributed by atoms with van der Waals surface area (Å²) >= 11 is 1.91. The van der Waals surface area contributed by atoms with Crippen molar-refractivity contribution in [1.29, 1.82) is 0 Å². The van der Waals surface area contributed by atoms with Crippen LogP contribution >= 0.6 is 11.3 Å². The van der Waals surface area contributed by atoms with E-state index in [9.17, 15) is 0 Å². The minimum atomic E-state index is 0.611. The number of nitrogens with zero attached hydrogens (tertiary/aromatic N) is 1. The Hall–Kier alpha value is -0.380. The number of hydrogen-bond donors (Lipinski definition) is 1. The molecule has 2 rings (SSSR count). The molecule has 108 valence electrons. The second kappa shape index (κ2) is 6.87. The van der Waals surface area contributed by atoms with Crippen LogP contribution in [0, 0.1) is 5.92 Å². The summed E-state index contributed by atoms with van der Waals surface area (Å²) in [6.45, 7) is 11.7. The van der Waals surface area contributed by atoms with Gasteiger partial charge in [-0.1, -0.05) is 26.8 Å². The third-order valence-corrected chi connectivity index (χ3v) is 5.72. The third kappa shape index (κ3) is 3.21. The van der Waals surface area contributed by atoms with Crippen LogP contribution < -0.4 is 5.32 Å². The fourth-order valence-corrected chi connectivity index (χ4v) is 4.39. The van der Waals surface area contributed by atoms with Crippen molar-refractivity contribution in [2.45, 2.75) is 58.7 Å². The van der Waals surface area contributed by atoms with Gasteiger partial charge < -0.3 is 5.32 Å². The van der Waals surface area contributed by atoms with Crippen LogP contribution in [0.3, 0.4) is 0 Å². The van der Waals surface area contributed by atoms with E-state index in [1.54, 1.807) is 0 Å². The molecule has 0 spiro atoms. The smallest absolute Gasteiger partial charge is 0.0441 e. The molecule has 0 aliphatic carbocycles. The zero-order chi connectivity index (χ0) is 13.8. The van der Waals surface area contributed by atoms with Crippen LogP contribution in [-0.2, 0) is 0 Å². The molecule has 0 radical (unpaired) electrons. The summed E-state index contributed by atoms with van der Waals surface area (Å²) in [6.07, 6.45) is 2.49. The highest BCUT2D eigenvalue weighted by atomic mass is 32.1. The van der Waals surface area contributed by atoms with Gasteiger partial charge in [0, 0.05) is 29.5 Å². The summed E-state index contributed by atoms with van der Waals surface area (Å²) in [7, 11) is 0. The number of thiophene rings is 1. The number of rotatable bonds is 5. The average Bonchev–Trinajstić information content (AvgIpc) is 2.92. The molecule has 0 aromatic carbocycles. The van der Waals surface area contributed by atoms with Crippen molar-refractivity contribution >= 4 is 11.3 Å². The average molecular weight is 280 g/mol. The molecule has 1 aromatic rings. The molecule has 1 fully saturated rings. The molecular formula is C16H28N2S. The molecule has 2 heterocycles. The van der Waals surface area contributed by atoms with E-state index in [4.69, 9.17) is 0 Å². The van der Waals surface area contributed by atoms with E-state index in [1.165, 1.54) is 24.3 Å². The summed E-state index contributed by atoms with van der Waals surface area (Å²) in [5, 5.41) is 5.86. The van der Waals surface area contributed by atoms with E-state index in [1.807, 2.05) is 11.3 Å². The summed E-state index contributed by atoms with van der Waals surface area (Å²) < 4.78 is 0. The van der Waals surface area contributed by atoms with Gasteiger partial charge in [0.1, 0.15) is 0 Å². The van der Waals surface area contributed by atoms with Crippen LogP contribution in [0.5, 0.6) is 0 Å². The lowest BCUT2D eigenvalue weighted by atomic mass is 9.85. The van der Waals surface area contributed by atoms with Gasteiger partial charge in [-0.15, -0.1) is 11.3 Å². The largest absolute Gasteiger partial charge is 0.314 e. The minimum absolute atomic E-state index is 0.611. The number of likely N-dealkylation sites (tertiary alicyclic amines) is 1. The zero-order valence-corrected chi connectivity index (χ0v) is 13.5. The van der Waals surface area contributed by atoms with E-state index < -0.39 is 0 Å². The Kier molecular flexibility index (Phi) is 5.43. The van der Waals surface area contributed by atoms with Gasteiger partial charge in [-0.2, -0.15) is 0 Å². The maximum atomic E-state index is 3.65. The molecule has 19 heavy (non-hydrogen) atoms. The molecule has 2 nitrogen and oxygen atoms in total. The first-order valence-electron chi connectivity index (χ1n) is 7.71. The fraction of sp³-hybridized carbons (Fsp3) is 0.750. The molecule has 1 aliphatic heterocycles. The quantitative estimate of drug-likeness (QED) is 0.880. The van der Waals surface area contributed by atoms with Crippen LogP contribution in [0.1, 0.15) is 51.5 Å². The van der Waals surface area contributed by atoms with Gasteiger partial charge >= 0.3 is 0 Å². The van der Waals surface area contributed by atoms with Gasteiger partial charge in [-0.3, -0.25) is 4.90 Å². The van der Waals surface area contributed by atoms with Crippen LogP contribution in [0.25, 0.3) is 0 Å². The Balaban J connectivity index is 2.09. The van der Waals surface area contributed by atoms with Crippen molar-refractivity contribution in [2.24, 2.45) is 5.92 Å². The first kappa shape index (κ1) is 15.0. The van der Waals surface area contributed by atoms with Crippen molar-refractivity contribution in [2.75, 3.05) is 13.1 Å². The van der Waals surface area contributed by atoms with Gasteiger partial charge in [-0.25, -0.2) is 0 Å². The van der Waals surface area contributed by atoms with Crippen molar-refractivity contribution < 1.29 is 0 Å². The van der Waals surface area contributed by atoms with Gasteiger partial charge in [0.05, 0.1) is 0 Å². The number of hydrogen-bond acceptors (Lipinski definition) is 3. The highest BCUT2D eigenvalue weighted by Gasteiger charge is 2.35. The number of piperidine rings is 1. The van der Waals surface area contributed by atoms with Gasteiger partial charge in [0.25, 0.3) is 0 Å². The maximum absolute atomic E-state index is 3.65. The molecular weight excluding hydrogens is 252 g/mol. The lowest BCUT2D eigenvalue weighted by molar-refractivity contribution is 0.0460. The van der Waals surface area contributed by atoms with Crippen molar-refractivity contribution in [3.63, 3.8) is 0 Å². The van der Waals surface area contributed by atoms with E-state index in [-0.39, 0.29) is 0 Å². The first-order chi connectivity index (χ1) is 9.19. The molecule has 0 saturated carbocycles. The Morgan fingerprint density at radius 1 is 1.42 bits per heavy atom. The van der Waals surface area contributed by atoms with Crippen LogP contribution in [0.15, 0.2) is 17.5 Å². The Bertz CT molecular complexity index is 363. The first-order valence-corrected chi connectivity index (χ1v) is 8.59. The van der Waals surface area contributed by atoms with E-state index >= 15 is 0 Å². The predicted molar refractivity (Wildman–Crippen MR) is 84.8 cm³/mol. The molecule has 4 atom stereocenters. The van der Waals surface area contributed by atoms with Gasteiger partial charge in [0.2, 0.25) is 0 Å². The van der Waals surface area contributed by atoms with E-state index in [2.05, 4.69) is 55.4 Å². The summed E-state index contributed by atoms with van der Waals surface area (Å²) in [5.74, 6) is 0.725. The maximum Gasteiger partial charge on any atom is 0.0441 e. The lowest BCUT2D eigenvalue weighted by Gasteiger charge is -2.46. The third-order valence-electron chi connectivity index (χ3n) is 4.74. The Morgan fingerprint density at radius 2 is 2.21 bits per heavy atom. The van der Waals surface area contributed by atoms with Crippen LogP contribution in [0.2, 0.25) is 0 Å². The molecule has 4 unspecified atom stereocenters. The summed E-state index contributed by atoms with van der Waals surface area (Å²) in [5.41, 5.74) is 0. The SMILES string of the molecule is CCNC1CCN(C(CC)c2cccs2)C(C)C1C. The molecule has 3 heteroatoms. The zero-order valence-electron chi connectivity index (χ0n) is 12.7. The van der Waals surface area contributed by atoms with Crippen LogP contribution in [-0.4, -0.2) is 30.1 Å². The molecule has 0 amide bonds. The van der Waals surface area contributed by atoms with Crippen molar-refractivity contribution in [3.8, 4) is 0 Å². The van der Waals surface area contributed by atoms with Crippen molar-refractivity contribution in [3.05, 3.63) is 22.4 Å². The van der Waals surface area contributed by atoms with Crippen LogP contribution in [0.4, 0.5) is 0 Å².